The summed E-state index contributed by atoms with van der Waals surface area (Å²) in [6, 6.07) is 4.45. The molecule has 0 fully saturated rings. The van der Waals surface area contributed by atoms with Gasteiger partial charge < -0.3 is 4.74 Å². The van der Waals surface area contributed by atoms with Gasteiger partial charge in [0.2, 0.25) is 0 Å². The number of carbonyl (C=O) groups is 1. The number of nitro benzene ring substituents is 1. The highest BCUT2D eigenvalue weighted by Crippen LogP contribution is 2.25. The SMILES string of the molecule is CCOC(=O)C=CC=Cc1ccc(Cl)c([N+](=O)[O-])c1. The molecule has 0 aliphatic heterocycles. The van der Waals surface area contributed by atoms with Crippen LogP contribution in [0.15, 0.2) is 36.4 Å². The summed E-state index contributed by atoms with van der Waals surface area (Å²) in [5.41, 5.74) is 0.461. The van der Waals surface area contributed by atoms with Gasteiger partial charge in [-0.3, -0.25) is 10.1 Å². The standard InChI is InChI=1S/C13H12ClNO4/c1-2-19-13(16)6-4-3-5-10-7-8-11(14)12(9-10)15(17)18/h3-9H,2H2,1H3. The molecule has 0 spiro atoms. The number of hydrogen-bond acceptors (Lipinski definition) is 4. The van der Waals surface area contributed by atoms with Gasteiger partial charge in [-0.1, -0.05) is 35.9 Å². The van der Waals surface area contributed by atoms with Crippen molar-refractivity contribution in [3.05, 3.63) is 57.1 Å². The van der Waals surface area contributed by atoms with Crippen molar-refractivity contribution < 1.29 is 14.5 Å². The van der Waals surface area contributed by atoms with Crippen molar-refractivity contribution in [2.24, 2.45) is 0 Å². The zero-order chi connectivity index (χ0) is 14.3. The fourth-order valence-corrected chi connectivity index (χ4v) is 1.45. The topological polar surface area (TPSA) is 69.4 Å². The van der Waals surface area contributed by atoms with E-state index in [0.717, 1.165) is 0 Å². The van der Waals surface area contributed by atoms with Gasteiger partial charge in [0.1, 0.15) is 5.02 Å². The lowest BCUT2D eigenvalue weighted by Crippen LogP contribution is -1.98. The van der Waals surface area contributed by atoms with Crippen LogP contribution in [-0.4, -0.2) is 17.5 Å². The summed E-state index contributed by atoms with van der Waals surface area (Å²) in [5.74, 6) is -0.436. The molecule has 0 saturated carbocycles. The average molecular weight is 282 g/mol. The number of nitrogens with zero attached hydrogens (tertiary/aromatic N) is 1. The summed E-state index contributed by atoms with van der Waals surface area (Å²) in [7, 11) is 0. The van der Waals surface area contributed by atoms with E-state index in [0.29, 0.717) is 12.2 Å². The molecule has 0 radical (unpaired) electrons. The monoisotopic (exact) mass is 281 g/mol. The van der Waals surface area contributed by atoms with E-state index in [1.807, 2.05) is 0 Å². The summed E-state index contributed by atoms with van der Waals surface area (Å²) in [6.45, 7) is 2.03. The molecule has 0 aromatic heterocycles. The molecule has 0 aliphatic rings. The molecule has 0 unspecified atom stereocenters. The van der Waals surface area contributed by atoms with Gasteiger partial charge in [-0.2, -0.15) is 0 Å². The molecule has 0 aliphatic carbocycles. The molecule has 1 aromatic rings. The van der Waals surface area contributed by atoms with Crippen LogP contribution in [0.1, 0.15) is 12.5 Å². The Kier molecular flexibility index (Phi) is 5.75. The van der Waals surface area contributed by atoms with Crippen LogP contribution in [0.3, 0.4) is 0 Å². The number of benzene rings is 1. The van der Waals surface area contributed by atoms with E-state index in [9.17, 15) is 14.9 Å². The van der Waals surface area contributed by atoms with Crippen molar-refractivity contribution in [1.29, 1.82) is 0 Å². The Morgan fingerprint density at radius 3 is 2.84 bits per heavy atom. The second kappa shape index (κ2) is 7.33. The van der Waals surface area contributed by atoms with Crippen LogP contribution in [0.4, 0.5) is 5.69 Å². The minimum Gasteiger partial charge on any atom is -0.463 e. The highest BCUT2D eigenvalue weighted by atomic mass is 35.5. The smallest absolute Gasteiger partial charge is 0.330 e. The maximum absolute atomic E-state index is 11.0. The van der Waals surface area contributed by atoms with Gasteiger partial charge >= 0.3 is 5.97 Å². The minimum absolute atomic E-state index is 0.0872. The van der Waals surface area contributed by atoms with Crippen molar-refractivity contribution in [3.8, 4) is 0 Å². The number of allylic oxidation sites excluding steroid dienone is 2. The van der Waals surface area contributed by atoms with Crippen LogP contribution in [0, 0.1) is 10.1 Å². The number of nitro groups is 1. The van der Waals surface area contributed by atoms with Gasteiger partial charge in [-0.15, -0.1) is 0 Å². The van der Waals surface area contributed by atoms with Gasteiger partial charge in [-0.25, -0.2) is 4.79 Å². The molecular weight excluding hydrogens is 270 g/mol. The number of halogens is 1. The lowest BCUT2D eigenvalue weighted by molar-refractivity contribution is -0.384. The zero-order valence-electron chi connectivity index (χ0n) is 10.2. The van der Waals surface area contributed by atoms with Crippen molar-refractivity contribution in [1.82, 2.24) is 0 Å². The van der Waals surface area contributed by atoms with Gasteiger partial charge in [0, 0.05) is 12.1 Å². The van der Waals surface area contributed by atoms with E-state index < -0.39 is 10.9 Å². The Balaban J connectivity index is 2.75. The van der Waals surface area contributed by atoms with Crippen molar-refractivity contribution in [3.63, 3.8) is 0 Å². The minimum atomic E-state index is -0.547. The number of carbonyl (C=O) groups excluding carboxylic acids is 1. The normalized spacial score (nSPS) is 11.1. The highest BCUT2D eigenvalue weighted by Gasteiger charge is 2.11. The van der Waals surface area contributed by atoms with Gasteiger partial charge in [-0.05, 0) is 18.6 Å². The zero-order valence-corrected chi connectivity index (χ0v) is 11.0. The summed E-state index contributed by atoms with van der Waals surface area (Å²) in [5, 5.41) is 10.8. The van der Waals surface area contributed by atoms with E-state index >= 15 is 0 Å². The first-order valence-corrected chi connectivity index (χ1v) is 5.88. The molecule has 0 amide bonds. The molecule has 1 aromatic carbocycles. The molecule has 5 nitrogen and oxygen atoms in total. The average Bonchev–Trinajstić information content (AvgIpc) is 2.36. The van der Waals surface area contributed by atoms with Crippen LogP contribution in [0.2, 0.25) is 5.02 Å². The fraction of sp³-hybridized carbons (Fsp3) is 0.154. The van der Waals surface area contributed by atoms with Crippen LogP contribution in [0.25, 0.3) is 6.08 Å². The summed E-state index contributed by atoms with van der Waals surface area (Å²) in [4.78, 5) is 21.1. The number of hydrogen-bond donors (Lipinski definition) is 0. The first-order chi connectivity index (χ1) is 9.04. The van der Waals surface area contributed by atoms with Gasteiger partial charge in [0.05, 0.1) is 11.5 Å². The Labute approximate surface area is 115 Å². The quantitative estimate of drug-likeness (QED) is 0.273. The van der Waals surface area contributed by atoms with Crippen LogP contribution >= 0.6 is 11.6 Å². The summed E-state index contributed by atoms with van der Waals surface area (Å²) >= 11 is 5.69. The number of rotatable bonds is 5. The lowest BCUT2D eigenvalue weighted by atomic mass is 10.2. The predicted molar refractivity (Wildman–Crippen MR) is 72.9 cm³/mol. The Bertz CT molecular complexity index is 537. The van der Waals surface area contributed by atoms with Gasteiger partial charge in [0.25, 0.3) is 5.69 Å². The Hall–Kier alpha value is -2.14. The van der Waals surface area contributed by atoms with E-state index in [4.69, 9.17) is 16.3 Å². The maximum Gasteiger partial charge on any atom is 0.330 e. The predicted octanol–water partition coefficient (Wildman–Crippen LogP) is 3.38. The molecule has 6 heteroatoms. The molecule has 19 heavy (non-hydrogen) atoms. The van der Waals surface area contributed by atoms with Crippen molar-refractivity contribution >= 4 is 29.3 Å². The second-order valence-electron chi connectivity index (χ2n) is 3.44. The first kappa shape index (κ1) is 14.9. The third-order valence-electron chi connectivity index (χ3n) is 2.09. The third-order valence-corrected chi connectivity index (χ3v) is 2.41. The van der Waals surface area contributed by atoms with Crippen molar-refractivity contribution in [2.75, 3.05) is 6.61 Å². The van der Waals surface area contributed by atoms with E-state index in [1.165, 1.54) is 24.3 Å². The molecule has 0 saturated heterocycles. The molecule has 100 valence electrons. The number of esters is 1. The first-order valence-electron chi connectivity index (χ1n) is 5.50. The van der Waals surface area contributed by atoms with E-state index in [1.54, 1.807) is 25.1 Å². The fourth-order valence-electron chi connectivity index (χ4n) is 1.26. The highest BCUT2D eigenvalue weighted by molar-refractivity contribution is 6.32. The molecule has 1 rings (SSSR count). The molecule has 0 N–H and O–H groups in total. The van der Waals surface area contributed by atoms with Crippen LogP contribution < -0.4 is 0 Å². The van der Waals surface area contributed by atoms with Crippen LogP contribution in [0.5, 0.6) is 0 Å². The lowest BCUT2D eigenvalue weighted by Gasteiger charge is -1.96. The van der Waals surface area contributed by atoms with E-state index in [-0.39, 0.29) is 10.7 Å². The largest absolute Gasteiger partial charge is 0.463 e. The van der Waals surface area contributed by atoms with Gasteiger partial charge in [0.15, 0.2) is 0 Å². The Morgan fingerprint density at radius 1 is 1.47 bits per heavy atom. The van der Waals surface area contributed by atoms with E-state index in [2.05, 4.69) is 0 Å². The second-order valence-corrected chi connectivity index (χ2v) is 3.85. The molecule has 0 bridgehead atoms. The maximum atomic E-state index is 11.0. The van der Waals surface area contributed by atoms with Crippen LogP contribution in [-0.2, 0) is 9.53 Å². The molecule has 0 heterocycles. The van der Waals surface area contributed by atoms with Crippen molar-refractivity contribution in [2.45, 2.75) is 6.92 Å². The summed E-state index contributed by atoms with van der Waals surface area (Å²) in [6.07, 6.45) is 5.98. The number of ether oxygens (including phenoxy) is 1. The molecular formula is C13H12ClNO4. The Morgan fingerprint density at radius 2 is 2.21 bits per heavy atom. The summed E-state index contributed by atoms with van der Waals surface area (Å²) < 4.78 is 4.69. The molecule has 0 atom stereocenters. The third kappa shape index (κ3) is 4.93.